The van der Waals surface area contributed by atoms with Crippen LogP contribution >= 0.6 is 0 Å². The topological polar surface area (TPSA) is 19.6 Å². The Kier molecular flexibility index (Phi) is 10.5. The Hall–Kier alpha value is -5.20. The third-order valence-corrected chi connectivity index (χ3v) is 19.8. The summed E-state index contributed by atoms with van der Waals surface area (Å²) in [6.07, 6.45) is 16.0. The standard InChI is InChI=1S/C67H80B4N2O/c1-60(2,3)41-32-54-57-55(33-41)73(53-37-49-47(63(8,9)27-29-65(49,12)13)35-43(53)39-19-17-16-18-20-39)52-24-21-40(67(68,69)70)31-51(52)71(57)59-58(44-36-48-50(38-56(44)74-59)66(14,15)30-28-64(48,10)11)72(54)42-22-23-45-46(34-42)62(6,7)26-25-61(45,4)5/h16-17,19,22-23,31-38H,18,20,25-30,68-70H2,1-15H3. The predicted molar refractivity (Wildman–Crippen MR) is 326 cm³/mol. The third-order valence-electron chi connectivity index (χ3n) is 19.8. The van der Waals surface area contributed by atoms with Crippen molar-refractivity contribution < 1.29 is 4.42 Å². The van der Waals surface area contributed by atoms with Gasteiger partial charge >= 0.3 is 0 Å². The molecule has 0 unspecified atom stereocenters. The van der Waals surface area contributed by atoms with Gasteiger partial charge in [0.15, 0.2) is 0 Å². The van der Waals surface area contributed by atoms with Gasteiger partial charge in [-0.25, -0.2) is 0 Å². The molecule has 1 aromatic heterocycles. The van der Waals surface area contributed by atoms with Gasteiger partial charge in [0.1, 0.15) is 5.58 Å². The first-order valence-electron chi connectivity index (χ1n) is 28.5. The van der Waals surface area contributed by atoms with E-state index in [1.807, 2.05) is 0 Å². The van der Waals surface area contributed by atoms with Crippen LogP contribution in [0.4, 0.5) is 34.1 Å². The van der Waals surface area contributed by atoms with Crippen LogP contribution in [0.15, 0.2) is 83.3 Å². The highest BCUT2D eigenvalue weighted by molar-refractivity contribution is 7.00. The van der Waals surface area contributed by atoms with E-state index in [1.54, 1.807) is 0 Å². The quantitative estimate of drug-likeness (QED) is 0.164. The fourth-order valence-electron chi connectivity index (χ4n) is 14.4. The number of allylic oxidation sites excluding steroid dienone is 4. The number of anilines is 6. The number of benzene rings is 4. The van der Waals surface area contributed by atoms with Crippen molar-refractivity contribution in [1.82, 2.24) is 0 Å². The molecular weight excluding hydrogens is 892 g/mol. The minimum Gasteiger partial charge on any atom is -0.468 e. The van der Waals surface area contributed by atoms with Gasteiger partial charge in [-0.2, -0.15) is 0 Å². The van der Waals surface area contributed by atoms with E-state index < -0.39 is 0 Å². The van der Waals surface area contributed by atoms with Crippen molar-refractivity contribution in [3.63, 3.8) is 0 Å². The maximum atomic E-state index is 7.77. The van der Waals surface area contributed by atoms with Crippen LogP contribution in [-0.4, -0.2) is 30.3 Å². The first-order valence-corrected chi connectivity index (χ1v) is 28.5. The second-order valence-corrected chi connectivity index (χ2v) is 30.0. The van der Waals surface area contributed by atoms with E-state index in [1.165, 1.54) is 113 Å². The average Bonchev–Trinajstić information content (AvgIpc) is 3.70. The van der Waals surface area contributed by atoms with Crippen molar-refractivity contribution in [2.75, 3.05) is 9.80 Å². The molecule has 4 aliphatic carbocycles. The van der Waals surface area contributed by atoms with Gasteiger partial charge in [-0.1, -0.05) is 145 Å². The van der Waals surface area contributed by atoms with E-state index in [9.17, 15) is 0 Å². The lowest BCUT2D eigenvalue weighted by Crippen LogP contribution is -2.61. The molecule has 0 N–H and O–H groups in total. The van der Waals surface area contributed by atoms with Crippen LogP contribution in [0, 0.1) is 12.1 Å². The molecule has 3 nitrogen and oxygen atoms in total. The molecule has 5 aromatic carbocycles. The van der Waals surface area contributed by atoms with Gasteiger partial charge in [-0.3, -0.25) is 0 Å². The first kappa shape index (κ1) is 49.7. The Morgan fingerprint density at radius 1 is 0.581 bits per heavy atom. The highest BCUT2D eigenvalue weighted by Gasteiger charge is 2.50. The van der Waals surface area contributed by atoms with Crippen LogP contribution in [0.2, 0.25) is 0 Å². The fraction of sp³-hybridized carbons (Fsp3) is 0.463. The van der Waals surface area contributed by atoms with E-state index in [2.05, 4.69) is 228 Å². The fourth-order valence-corrected chi connectivity index (χ4v) is 14.4. The molecule has 0 atom stereocenters. The highest BCUT2D eigenvalue weighted by atomic mass is 16.3. The van der Waals surface area contributed by atoms with Gasteiger partial charge in [-0.05, 0) is 205 Å². The SMILES string of the molecule is BC(B)(B)c1c#cc2c(c1)B1c3oc4cc5c(cc4c3N(c3ccc4c(c3)C(C)(C)CCC4(C)C)c3cc(C(C)(C)C)cc(c31)N2c1cc2c(cc1C1=CC=CCC1)C(C)(C)CCC2(C)C)C(C)(C)CCC5(C)C. The van der Waals surface area contributed by atoms with Gasteiger partial charge < -0.3 is 14.2 Å². The Labute approximate surface area is 448 Å². The third kappa shape index (κ3) is 7.39. The van der Waals surface area contributed by atoms with Crippen molar-refractivity contribution in [3.8, 4) is 0 Å². The molecule has 0 fully saturated rings. The smallest absolute Gasteiger partial charge is 0.297 e. The molecule has 0 saturated heterocycles. The highest BCUT2D eigenvalue weighted by Crippen LogP contribution is 2.56. The molecule has 74 heavy (non-hydrogen) atoms. The Balaban J connectivity index is 1.25. The number of nitrogens with zero attached hydrogens (tertiary/aromatic N) is 2. The summed E-state index contributed by atoms with van der Waals surface area (Å²) in [4.78, 5) is 5.33. The molecule has 3 heterocycles. The summed E-state index contributed by atoms with van der Waals surface area (Å²) in [5.74, 6) is 0. The Morgan fingerprint density at radius 2 is 1.12 bits per heavy atom. The van der Waals surface area contributed by atoms with Gasteiger partial charge in [0.25, 0.3) is 6.71 Å². The average molecular weight is 973 g/mol. The van der Waals surface area contributed by atoms with E-state index in [-0.39, 0.29) is 49.7 Å². The van der Waals surface area contributed by atoms with E-state index in [0.717, 1.165) is 55.5 Å². The van der Waals surface area contributed by atoms with Crippen molar-refractivity contribution in [3.05, 3.63) is 141 Å². The molecule has 0 bridgehead atoms. The molecule has 6 aliphatic rings. The molecule has 376 valence electrons. The van der Waals surface area contributed by atoms with Gasteiger partial charge in [0.05, 0.1) is 46.3 Å². The minimum atomic E-state index is -0.190. The largest absolute Gasteiger partial charge is 0.468 e. The maximum Gasteiger partial charge on any atom is 0.297 e. The Morgan fingerprint density at radius 3 is 1.69 bits per heavy atom. The van der Waals surface area contributed by atoms with Crippen molar-refractivity contribution in [2.24, 2.45) is 0 Å². The first-order chi connectivity index (χ1) is 34.4. The lowest BCUT2D eigenvalue weighted by atomic mass is 9.34. The maximum absolute atomic E-state index is 7.77. The summed E-state index contributed by atoms with van der Waals surface area (Å²) in [6.45, 7) is 36.6. The van der Waals surface area contributed by atoms with Crippen LogP contribution < -0.4 is 26.4 Å². The summed E-state index contributed by atoms with van der Waals surface area (Å²) in [6, 6.07) is 33.3. The van der Waals surface area contributed by atoms with Crippen molar-refractivity contribution >= 4 is 97.5 Å². The summed E-state index contributed by atoms with van der Waals surface area (Å²) >= 11 is 0. The molecular formula is C67H80B4N2O. The number of rotatable bonds is 4. The summed E-state index contributed by atoms with van der Waals surface area (Å²) in [7, 11) is 6.97. The molecule has 6 aromatic rings. The zero-order chi connectivity index (χ0) is 52.8. The lowest BCUT2D eigenvalue weighted by Gasteiger charge is -2.46. The molecule has 0 amide bonds. The zero-order valence-corrected chi connectivity index (χ0v) is 48.5. The Bertz CT molecular complexity index is 3450. The second-order valence-electron chi connectivity index (χ2n) is 30.0. The normalized spacial score (nSPS) is 21.1. The molecule has 7 heteroatoms. The van der Waals surface area contributed by atoms with Crippen LogP contribution in [-0.2, 0) is 43.0 Å². The van der Waals surface area contributed by atoms with Crippen LogP contribution in [0.5, 0.6) is 0 Å². The number of hydrogen-bond donors (Lipinski definition) is 0. The van der Waals surface area contributed by atoms with Crippen LogP contribution in [0.1, 0.15) is 205 Å². The molecule has 12 rings (SSSR count). The van der Waals surface area contributed by atoms with Gasteiger partial charge in [0.2, 0.25) is 0 Å². The van der Waals surface area contributed by atoms with Crippen LogP contribution in [0.3, 0.4) is 0 Å². The van der Waals surface area contributed by atoms with Gasteiger partial charge in [-0.15, -0.1) is 0 Å². The van der Waals surface area contributed by atoms with Crippen molar-refractivity contribution in [2.45, 2.75) is 198 Å². The number of hydrogen-bond acceptors (Lipinski definition) is 3. The molecule has 0 spiro atoms. The van der Waals surface area contributed by atoms with E-state index in [4.69, 9.17) is 4.42 Å². The summed E-state index contributed by atoms with van der Waals surface area (Å²) in [5.41, 5.74) is 25.8. The zero-order valence-electron chi connectivity index (χ0n) is 48.5. The molecule has 0 radical (unpaired) electrons. The molecule has 0 saturated carbocycles. The predicted octanol–water partition coefficient (Wildman–Crippen LogP) is 13.2. The van der Waals surface area contributed by atoms with Crippen LogP contribution in [0.25, 0.3) is 16.5 Å². The van der Waals surface area contributed by atoms with E-state index in [0.29, 0.717) is 0 Å². The summed E-state index contributed by atoms with van der Waals surface area (Å²) in [5, 5.41) is 1.06. The monoisotopic (exact) mass is 973 g/mol. The number of fused-ring (bicyclic) bond motifs is 9. The minimum absolute atomic E-state index is 0.00974. The van der Waals surface area contributed by atoms with Crippen molar-refractivity contribution in [1.29, 1.82) is 0 Å². The second kappa shape index (κ2) is 15.7. The van der Waals surface area contributed by atoms with Gasteiger partial charge in [0, 0.05) is 28.0 Å². The van der Waals surface area contributed by atoms with E-state index >= 15 is 0 Å². The molecule has 2 aliphatic heterocycles. The lowest BCUT2D eigenvalue weighted by molar-refractivity contribution is 0.332. The summed E-state index contributed by atoms with van der Waals surface area (Å²) < 4.78 is 7.77. The number of furan rings is 1.